The van der Waals surface area contributed by atoms with E-state index in [0.29, 0.717) is 11.4 Å². The molecule has 78 valence electrons. The van der Waals surface area contributed by atoms with Gasteiger partial charge in [-0.15, -0.1) is 11.6 Å². The highest BCUT2D eigenvalue weighted by Crippen LogP contribution is 2.17. The molecule has 3 heteroatoms. The fourth-order valence-electron chi connectivity index (χ4n) is 1.30. The lowest BCUT2D eigenvalue weighted by Crippen LogP contribution is -2.17. The second-order valence-corrected chi connectivity index (χ2v) is 3.44. The number of nitriles is 1. The zero-order valence-electron chi connectivity index (χ0n) is 8.65. The third-order valence-corrected chi connectivity index (χ3v) is 2.25. The number of nitrogens with zero attached hydrogens (tertiary/aromatic N) is 2. The summed E-state index contributed by atoms with van der Waals surface area (Å²) in [7, 11) is 1.95. The summed E-state index contributed by atoms with van der Waals surface area (Å²) in [6.07, 6.45) is 3.88. The molecular formula is C12H13ClN2. The van der Waals surface area contributed by atoms with Gasteiger partial charge in [0.1, 0.15) is 6.07 Å². The summed E-state index contributed by atoms with van der Waals surface area (Å²) in [6, 6.07) is 9.72. The van der Waals surface area contributed by atoms with Crippen LogP contribution >= 0.6 is 11.6 Å². The van der Waals surface area contributed by atoms with Gasteiger partial charge in [-0.2, -0.15) is 5.26 Å². The number of anilines is 1. The predicted molar refractivity (Wildman–Crippen MR) is 64.3 cm³/mol. The van der Waals surface area contributed by atoms with E-state index < -0.39 is 0 Å². The van der Waals surface area contributed by atoms with Gasteiger partial charge in [-0.3, -0.25) is 0 Å². The minimum absolute atomic E-state index is 0.522. The Morgan fingerprint density at radius 2 is 2.13 bits per heavy atom. The normalized spacial score (nSPS) is 10.2. The van der Waals surface area contributed by atoms with Gasteiger partial charge < -0.3 is 4.90 Å². The Labute approximate surface area is 95.4 Å². The molecule has 0 bridgehead atoms. The SMILES string of the molecule is CN(CC=CCCl)c1ccccc1C#N. The Hall–Kier alpha value is -1.46. The fourth-order valence-corrected chi connectivity index (χ4v) is 1.42. The number of likely N-dealkylation sites (N-methyl/N-ethyl adjacent to an activating group) is 1. The largest absolute Gasteiger partial charge is 0.370 e. The van der Waals surface area contributed by atoms with Crippen molar-refractivity contribution in [2.75, 3.05) is 24.4 Å². The van der Waals surface area contributed by atoms with Crippen molar-refractivity contribution in [3.63, 3.8) is 0 Å². The van der Waals surface area contributed by atoms with Gasteiger partial charge in [0.05, 0.1) is 11.3 Å². The molecule has 1 rings (SSSR count). The van der Waals surface area contributed by atoms with Gasteiger partial charge in [-0.25, -0.2) is 0 Å². The maximum absolute atomic E-state index is 8.92. The van der Waals surface area contributed by atoms with Crippen LogP contribution in [0.1, 0.15) is 5.56 Å². The van der Waals surface area contributed by atoms with Crippen molar-refractivity contribution in [3.8, 4) is 6.07 Å². The van der Waals surface area contributed by atoms with Crippen molar-refractivity contribution in [2.45, 2.75) is 0 Å². The molecule has 0 radical (unpaired) electrons. The zero-order valence-corrected chi connectivity index (χ0v) is 9.41. The molecular weight excluding hydrogens is 208 g/mol. The first-order chi connectivity index (χ1) is 7.29. The van der Waals surface area contributed by atoms with Crippen LogP contribution in [0.2, 0.25) is 0 Å². The number of alkyl halides is 1. The summed E-state index contributed by atoms with van der Waals surface area (Å²) in [4.78, 5) is 2.02. The van der Waals surface area contributed by atoms with Crippen molar-refractivity contribution < 1.29 is 0 Å². The topological polar surface area (TPSA) is 27.0 Å². The van der Waals surface area contributed by atoms with Crippen LogP contribution in [-0.4, -0.2) is 19.5 Å². The third-order valence-electron chi connectivity index (χ3n) is 2.07. The van der Waals surface area contributed by atoms with Gasteiger partial charge in [0.2, 0.25) is 0 Å². The quantitative estimate of drug-likeness (QED) is 0.576. The van der Waals surface area contributed by atoms with Gasteiger partial charge in [-0.05, 0) is 12.1 Å². The standard InChI is InChI=1S/C12H13ClN2/c1-15(9-5-4-8-13)12-7-3-2-6-11(12)10-14/h2-7H,8-9H2,1H3. The molecule has 0 unspecified atom stereocenters. The molecule has 0 saturated heterocycles. The average Bonchev–Trinajstić information content (AvgIpc) is 2.29. The van der Waals surface area contributed by atoms with Gasteiger partial charge >= 0.3 is 0 Å². The van der Waals surface area contributed by atoms with Crippen LogP contribution in [0.3, 0.4) is 0 Å². The molecule has 0 atom stereocenters. The molecule has 15 heavy (non-hydrogen) atoms. The van der Waals surface area contributed by atoms with Crippen molar-refractivity contribution in [3.05, 3.63) is 42.0 Å². The maximum Gasteiger partial charge on any atom is 0.101 e. The first-order valence-corrected chi connectivity index (χ1v) is 5.24. The average molecular weight is 221 g/mol. The Morgan fingerprint density at radius 3 is 2.80 bits per heavy atom. The van der Waals surface area contributed by atoms with Crippen LogP contribution < -0.4 is 4.90 Å². The lowest BCUT2D eigenvalue weighted by molar-refractivity contribution is 1.03. The monoisotopic (exact) mass is 220 g/mol. The summed E-state index contributed by atoms with van der Waals surface area (Å²) in [5, 5.41) is 8.92. The van der Waals surface area contributed by atoms with Gasteiger partial charge in [0, 0.05) is 19.5 Å². The number of benzene rings is 1. The smallest absolute Gasteiger partial charge is 0.101 e. The van der Waals surface area contributed by atoms with Crippen LogP contribution in [0.4, 0.5) is 5.69 Å². The summed E-state index contributed by atoms with van der Waals surface area (Å²) in [5.41, 5.74) is 1.64. The molecule has 1 aromatic carbocycles. The molecule has 0 heterocycles. The fraction of sp³-hybridized carbons (Fsp3) is 0.250. The first kappa shape index (κ1) is 11.6. The molecule has 0 saturated carbocycles. The van der Waals surface area contributed by atoms with E-state index in [1.807, 2.05) is 48.4 Å². The Kier molecular flexibility index (Phi) is 4.73. The van der Waals surface area contributed by atoms with Crippen molar-refractivity contribution in [1.82, 2.24) is 0 Å². The summed E-state index contributed by atoms with van der Waals surface area (Å²) in [5.74, 6) is 0.522. The lowest BCUT2D eigenvalue weighted by atomic mass is 10.2. The van der Waals surface area contributed by atoms with Crippen molar-refractivity contribution >= 4 is 17.3 Å². The van der Waals surface area contributed by atoms with E-state index >= 15 is 0 Å². The molecule has 0 fully saturated rings. The number of hydrogen-bond acceptors (Lipinski definition) is 2. The maximum atomic E-state index is 8.92. The number of rotatable bonds is 4. The highest BCUT2D eigenvalue weighted by Gasteiger charge is 2.03. The molecule has 0 amide bonds. The number of hydrogen-bond donors (Lipinski definition) is 0. The number of halogens is 1. The Bertz CT molecular complexity index is 379. The summed E-state index contributed by atoms with van der Waals surface area (Å²) in [6.45, 7) is 0.755. The Morgan fingerprint density at radius 1 is 1.40 bits per heavy atom. The molecule has 0 spiro atoms. The van der Waals surface area contributed by atoms with Crippen LogP contribution in [0.5, 0.6) is 0 Å². The van der Waals surface area contributed by atoms with Crippen LogP contribution in [0.25, 0.3) is 0 Å². The van der Waals surface area contributed by atoms with Crippen LogP contribution in [0, 0.1) is 11.3 Å². The second-order valence-electron chi connectivity index (χ2n) is 3.14. The van der Waals surface area contributed by atoms with E-state index in [1.165, 1.54) is 0 Å². The van der Waals surface area contributed by atoms with E-state index in [0.717, 1.165) is 12.2 Å². The van der Waals surface area contributed by atoms with Gasteiger partial charge in [-0.1, -0.05) is 24.3 Å². The molecule has 0 aliphatic rings. The lowest BCUT2D eigenvalue weighted by Gasteiger charge is -2.18. The van der Waals surface area contributed by atoms with Crippen molar-refractivity contribution in [2.24, 2.45) is 0 Å². The predicted octanol–water partition coefficient (Wildman–Crippen LogP) is 2.79. The zero-order chi connectivity index (χ0) is 11.1. The Balaban J connectivity index is 2.77. The van der Waals surface area contributed by atoms with E-state index in [-0.39, 0.29) is 0 Å². The second kappa shape index (κ2) is 6.10. The van der Waals surface area contributed by atoms with Crippen molar-refractivity contribution in [1.29, 1.82) is 5.26 Å². The molecule has 1 aromatic rings. The summed E-state index contributed by atoms with van der Waals surface area (Å²) >= 11 is 5.53. The molecule has 0 aliphatic heterocycles. The molecule has 0 aliphatic carbocycles. The first-order valence-electron chi connectivity index (χ1n) is 4.71. The van der Waals surface area contributed by atoms with Gasteiger partial charge in [0.25, 0.3) is 0 Å². The third kappa shape index (κ3) is 3.30. The van der Waals surface area contributed by atoms with E-state index in [4.69, 9.17) is 16.9 Å². The summed E-state index contributed by atoms with van der Waals surface area (Å²) < 4.78 is 0. The minimum Gasteiger partial charge on any atom is -0.370 e. The highest BCUT2D eigenvalue weighted by atomic mass is 35.5. The minimum atomic E-state index is 0.522. The molecule has 2 nitrogen and oxygen atoms in total. The highest BCUT2D eigenvalue weighted by molar-refractivity contribution is 6.18. The van der Waals surface area contributed by atoms with Crippen LogP contribution in [0.15, 0.2) is 36.4 Å². The molecule has 0 N–H and O–H groups in total. The van der Waals surface area contributed by atoms with E-state index in [9.17, 15) is 0 Å². The van der Waals surface area contributed by atoms with E-state index in [2.05, 4.69) is 6.07 Å². The van der Waals surface area contributed by atoms with Gasteiger partial charge in [0.15, 0.2) is 0 Å². The van der Waals surface area contributed by atoms with Crippen LogP contribution in [-0.2, 0) is 0 Å². The number of para-hydroxylation sites is 1. The molecule has 0 aromatic heterocycles. The van der Waals surface area contributed by atoms with E-state index in [1.54, 1.807) is 0 Å². The number of allylic oxidation sites excluding steroid dienone is 1.